The standard InChI is InChI=1S/C15H20N4O2/c1-11-18-14(16-9-12-4-2-6-20-12)8-15(19-11)17-10-13-5-3-7-21-13/h2,4,6,8,13H,3,5,7,9-10H2,1H3,(H2,16,17,18,19). The van der Waals surface area contributed by atoms with Crippen LogP contribution in [0.1, 0.15) is 24.4 Å². The fourth-order valence-corrected chi connectivity index (χ4v) is 2.36. The van der Waals surface area contributed by atoms with Crippen molar-refractivity contribution in [2.24, 2.45) is 0 Å². The number of nitrogens with one attached hydrogen (secondary N) is 2. The minimum absolute atomic E-state index is 0.291. The SMILES string of the molecule is Cc1nc(NCc2ccco2)cc(NCC2CCCO2)n1. The zero-order chi connectivity index (χ0) is 14.5. The third-order valence-electron chi connectivity index (χ3n) is 3.40. The van der Waals surface area contributed by atoms with Crippen molar-refractivity contribution < 1.29 is 9.15 Å². The molecule has 0 radical (unpaired) electrons. The van der Waals surface area contributed by atoms with Crippen molar-refractivity contribution >= 4 is 11.6 Å². The van der Waals surface area contributed by atoms with Crippen LogP contribution in [0.15, 0.2) is 28.9 Å². The van der Waals surface area contributed by atoms with Gasteiger partial charge in [0.05, 0.1) is 18.9 Å². The predicted octanol–water partition coefficient (Wildman–Crippen LogP) is 2.58. The van der Waals surface area contributed by atoms with Gasteiger partial charge < -0.3 is 19.8 Å². The predicted molar refractivity (Wildman–Crippen MR) is 80.3 cm³/mol. The van der Waals surface area contributed by atoms with Gasteiger partial charge in [-0.05, 0) is 31.9 Å². The van der Waals surface area contributed by atoms with Crippen LogP contribution < -0.4 is 10.6 Å². The smallest absolute Gasteiger partial charge is 0.132 e. The van der Waals surface area contributed by atoms with Crippen molar-refractivity contribution in [3.8, 4) is 0 Å². The highest BCUT2D eigenvalue weighted by Gasteiger charge is 2.15. The normalized spacial score (nSPS) is 17.9. The molecule has 3 rings (SSSR count). The van der Waals surface area contributed by atoms with Crippen molar-refractivity contribution in [3.05, 3.63) is 36.0 Å². The largest absolute Gasteiger partial charge is 0.467 e. The van der Waals surface area contributed by atoms with Gasteiger partial charge in [-0.1, -0.05) is 0 Å². The molecule has 1 atom stereocenters. The van der Waals surface area contributed by atoms with E-state index in [1.165, 1.54) is 0 Å². The lowest BCUT2D eigenvalue weighted by atomic mass is 10.2. The number of aromatic nitrogens is 2. The average molecular weight is 288 g/mol. The monoisotopic (exact) mass is 288 g/mol. The van der Waals surface area contributed by atoms with Crippen LogP contribution in [0.2, 0.25) is 0 Å². The maximum absolute atomic E-state index is 5.60. The van der Waals surface area contributed by atoms with Gasteiger partial charge in [0.2, 0.25) is 0 Å². The van der Waals surface area contributed by atoms with Crippen molar-refractivity contribution in [3.63, 3.8) is 0 Å². The van der Waals surface area contributed by atoms with Gasteiger partial charge in [0.15, 0.2) is 0 Å². The zero-order valence-corrected chi connectivity index (χ0v) is 12.1. The van der Waals surface area contributed by atoms with Crippen molar-refractivity contribution in [2.45, 2.75) is 32.4 Å². The van der Waals surface area contributed by atoms with Gasteiger partial charge in [0.25, 0.3) is 0 Å². The number of ether oxygens (including phenoxy) is 1. The summed E-state index contributed by atoms with van der Waals surface area (Å²) < 4.78 is 10.9. The first kappa shape index (κ1) is 13.9. The van der Waals surface area contributed by atoms with Gasteiger partial charge in [-0.2, -0.15) is 0 Å². The molecule has 0 aromatic carbocycles. The summed E-state index contributed by atoms with van der Waals surface area (Å²) in [6.45, 7) is 4.14. The molecule has 0 amide bonds. The topological polar surface area (TPSA) is 72.2 Å². The molecule has 3 heterocycles. The van der Waals surface area contributed by atoms with Crippen LogP contribution in [0.3, 0.4) is 0 Å². The highest BCUT2D eigenvalue weighted by molar-refractivity contribution is 5.47. The maximum atomic E-state index is 5.60. The number of furan rings is 1. The number of hydrogen-bond donors (Lipinski definition) is 2. The summed E-state index contributed by atoms with van der Waals surface area (Å²) in [6.07, 6.45) is 4.21. The van der Waals surface area contributed by atoms with Gasteiger partial charge in [0.1, 0.15) is 23.2 Å². The number of rotatable bonds is 6. The van der Waals surface area contributed by atoms with E-state index in [2.05, 4.69) is 20.6 Å². The second-order valence-electron chi connectivity index (χ2n) is 5.13. The Morgan fingerprint density at radius 1 is 1.29 bits per heavy atom. The van der Waals surface area contributed by atoms with E-state index in [1.807, 2.05) is 25.1 Å². The third-order valence-corrected chi connectivity index (χ3v) is 3.40. The molecule has 2 aromatic heterocycles. The molecule has 112 valence electrons. The third kappa shape index (κ3) is 3.95. The molecule has 0 spiro atoms. The molecule has 1 aliphatic rings. The van der Waals surface area contributed by atoms with Crippen LogP contribution >= 0.6 is 0 Å². The van der Waals surface area contributed by atoms with Crippen LogP contribution in [0.25, 0.3) is 0 Å². The molecule has 6 heteroatoms. The fourth-order valence-electron chi connectivity index (χ4n) is 2.36. The van der Waals surface area contributed by atoms with E-state index in [-0.39, 0.29) is 0 Å². The van der Waals surface area contributed by atoms with Crippen LogP contribution in [0.4, 0.5) is 11.6 Å². The second kappa shape index (κ2) is 6.58. The molecule has 0 aliphatic carbocycles. The van der Waals surface area contributed by atoms with Gasteiger partial charge in [-0.15, -0.1) is 0 Å². The summed E-state index contributed by atoms with van der Waals surface area (Å²) in [7, 11) is 0. The summed E-state index contributed by atoms with van der Waals surface area (Å²) in [5, 5.41) is 6.56. The number of nitrogens with zero attached hydrogens (tertiary/aromatic N) is 2. The Labute approximate surface area is 123 Å². The molecule has 1 fully saturated rings. The fraction of sp³-hybridized carbons (Fsp3) is 0.467. The molecule has 0 saturated carbocycles. The highest BCUT2D eigenvalue weighted by atomic mass is 16.5. The molecule has 6 nitrogen and oxygen atoms in total. The van der Waals surface area contributed by atoms with Gasteiger partial charge in [-0.3, -0.25) is 0 Å². The van der Waals surface area contributed by atoms with Gasteiger partial charge in [0, 0.05) is 19.2 Å². The lowest BCUT2D eigenvalue weighted by molar-refractivity contribution is 0.120. The molecule has 1 saturated heterocycles. The average Bonchev–Trinajstić information content (AvgIpc) is 3.16. The first-order valence-electron chi connectivity index (χ1n) is 7.27. The Morgan fingerprint density at radius 2 is 2.14 bits per heavy atom. The molecule has 21 heavy (non-hydrogen) atoms. The lowest BCUT2D eigenvalue weighted by Crippen LogP contribution is -2.19. The van der Waals surface area contributed by atoms with Crippen molar-refractivity contribution in [2.75, 3.05) is 23.8 Å². The van der Waals surface area contributed by atoms with Gasteiger partial charge in [-0.25, -0.2) is 9.97 Å². The van der Waals surface area contributed by atoms with Crippen molar-refractivity contribution in [1.29, 1.82) is 0 Å². The molecule has 0 bridgehead atoms. The summed E-state index contributed by atoms with van der Waals surface area (Å²) in [6, 6.07) is 5.71. The minimum Gasteiger partial charge on any atom is -0.467 e. The number of anilines is 2. The van der Waals surface area contributed by atoms with E-state index >= 15 is 0 Å². The van der Waals surface area contributed by atoms with E-state index in [0.29, 0.717) is 12.6 Å². The first-order valence-corrected chi connectivity index (χ1v) is 7.27. The Kier molecular flexibility index (Phi) is 4.35. The van der Waals surface area contributed by atoms with Crippen LogP contribution in [-0.4, -0.2) is 29.2 Å². The second-order valence-corrected chi connectivity index (χ2v) is 5.13. The Bertz CT molecular complexity index is 565. The van der Waals surface area contributed by atoms with Crippen LogP contribution in [0, 0.1) is 6.92 Å². The highest BCUT2D eigenvalue weighted by Crippen LogP contribution is 2.15. The summed E-state index contributed by atoms with van der Waals surface area (Å²) >= 11 is 0. The molecule has 2 N–H and O–H groups in total. The molecule has 2 aromatic rings. The quantitative estimate of drug-likeness (QED) is 0.851. The Morgan fingerprint density at radius 3 is 2.86 bits per heavy atom. The molecular formula is C15H20N4O2. The molecular weight excluding hydrogens is 268 g/mol. The lowest BCUT2D eigenvalue weighted by Gasteiger charge is -2.13. The Hall–Kier alpha value is -2.08. The van der Waals surface area contributed by atoms with E-state index in [4.69, 9.17) is 9.15 Å². The minimum atomic E-state index is 0.291. The van der Waals surface area contributed by atoms with Crippen LogP contribution in [0.5, 0.6) is 0 Å². The number of aryl methyl sites for hydroxylation is 1. The zero-order valence-electron chi connectivity index (χ0n) is 12.1. The van der Waals surface area contributed by atoms with Crippen LogP contribution in [-0.2, 0) is 11.3 Å². The molecule has 1 aliphatic heterocycles. The first-order chi connectivity index (χ1) is 10.3. The molecule has 1 unspecified atom stereocenters. The van der Waals surface area contributed by atoms with E-state index in [1.54, 1.807) is 6.26 Å². The summed E-state index contributed by atoms with van der Waals surface area (Å²) in [5.74, 6) is 3.21. The van der Waals surface area contributed by atoms with E-state index in [9.17, 15) is 0 Å². The maximum Gasteiger partial charge on any atom is 0.132 e. The van der Waals surface area contributed by atoms with Gasteiger partial charge >= 0.3 is 0 Å². The summed E-state index contributed by atoms with van der Waals surface area (Å²) in [4.78, 5) is 8.78. The summed E-state index contributed by atoms with van der Waals surface area (Å²) in [5.41, 5.74) is 0. The van der Waals surface area contributed by atoms with E-state index < -0.39 is 0 Å². The van der Waals surface area contributed by atoms with Crippen molar-refractivity contribution in [1.82, 2.24) is 9.97 Å². The Balaban J connectivity index is 1.58. The van der Waals surface area contributed by atoms with E-state index in [0.717, 1.165) is 49.2 Å². The number of hydrogen-bond acceptors (Lipinski definition) is 6.